The molecular weight excluding hydrogens is 361 g/mol. The molecule has 18 heavy (non-hydrogen) atoms. The Balaban J connectivity index is 2.31. The van der Waals surface area contributed by atoms with E-state index in [-0.39, 0.29) is 4.90 Å². The molecule has 0 aromatic heterocycles. The lowest BCUT2D eigenvalue weighted by Crippen LogP contribution is -2.12. The molecule has 0 saturated heterocycles. The van der Waals surface area contributed by atoms with Crippen molar-refractivity contribution in [3.8, 4) is 0 Å². The van der Waals surface area contributed by atoms with Gasteiger partial charge >= 0.3 is 0 Å². The van der Waals surface area contributed by atoms with E-state index in [2.05, 4.69) is 27.3 Å². The molecule has 0 unspecified atom stereocenters. The summed E-state index contributed by atoms with van der Waals surface area (Å²) in [5, 5.41) is 0. The van der Waals surface area contributed by atoms with E-state index in [0.717, 1.165) is 9.13 Å². The lowest BCUT2D eigenvalue weighted by atomic mass is 10.2. The topological polar surface area (TPSA) is 46.2 Å². The number of aryl methyl sites for hydroxylation is 1. The molecule has 3 nitrogen and oxygen atoms in total. The van der Waals surface area contributed by atoms with Crippen LogP contribution in [0.4, 0.5) is 5.69 Å². The molecule has 0 radical (unpaired) electrons. The summed E-state index contributed by atoms with van der Waals surface area (Å²) in [6.07, 6.45) is 0. The van der Waals surface area contributed by atoms with Crippen molar-refractivity contribution < 1.29 is 8.42 Å². The summed E-state index contributed by atoms with van der Waals surface area (Å²) >= 11 is 2.18. The predicted molar refractivity (Wildman–Crippen MR) is 81.1 cm³/mol. The zero-order valence-corrected chi connectivity index (χ0v) is 12.7. The molecule has 0 aliphatic heterocycles. The smallest absolute Gasteiger partial charge is 0.261 e. The Morgan fingerprint density at radius 2 is 1.72 bits per heavy atom. The number of rotatable bonds is 3. The van der Waals surface area contributed by atoms with Crippen LogP contribution in [0, 0.1) is 10.5 Å². The van der Waals surface area contributed by atoms with Gasteiger partial charge in [0, 0.05) is 9.26 Å². The molecule has 2 aromatic rings. The largest absolute Gasteiger partial charge is 0.280 e. The van der Waals surface area contributed by atoms with Crippen molar-refractivity contribution in [1.29, 1.82) is 0 Å². The van der Waals surface area contributed by atoms with Crippen LogP contribution < -0.4 is 4.72 Å². The Labute approximate surface area is 120 Å². The molecule has 1 N–H and O–H groups in total. The summed E-state index contributed by atoms with van der Waals surface area (Å²) in [5.74, 6) is 0. The van der Waals surface area contributed by atoms with Crippen LogP contribution in [-0.2, 0) is 10.0 Å². The number of sulfonamides is 1. The molecule has 2 aromatic carbocycles. The first kappa shape index (κ1) is 13.4. The van der Waals surface area contributed by atoms with Crippen molar-refractivity contribution in [2.75, 3.05) is 4.72 Å². The Hall–Kier alpha value is -1.08. The normalized spacial score (nSPS) is 11.2. The average Bonchev–Trinajstić information content (AvgIpc) is 2.35. The minimum Gasteiger partial charge on any atom is -0.280 e. The number of hydrogen-bond donors (Lipinski definition) is 1. The minimum absolute atomic E-state index is 0.264. The Morgan fingerprint density at radius 1 is 1.06 bits per heavy atom. The van der Waals surface area contributed by atoms with E-state index >= 15 is 0 Å². The van der Waals surface area contributed by atoms with Crippen LogP contribution >= 0.6 is 22.6 Å². The third-order valence-electron chi connectivity index (χ3n) is 2.48. The SMILES string of the molecule is Cc1ccc(NS(=O)(=O)c2ccccc2)cc1I. The monoisotopic (exact) mass is 373 g/mol. The second kappa shape index (κ2) is 5.27. The Morgan fingerprint density at radius 3 is 2.33 bits per heavy atom. The van der Waals surface area contributed by atoms with Crippen molar-refractivity contribution in [3.05, 3.63) is 57.7 Å². The predicted octanol–water partition coefficient (Wildman–Crippen LogP) is 3.40. The zero-order chi connectivity index (χ0) is 13.2. The Kier molecular flexibility index (Phi) is 3.91. The number of benzene rings is 2. The third kappa shape index (κ3) is 3.02. The van der Waals surface area contributed by atoms with Crippen LogP contribution in [0.15, 0.2) is 53.4 Å². The van der Waals surface area contributed by atoms with E-state index in [1.807, 2.05) is 19.1 Å². The highest BCUT2D eigenvalue weighted by molar-refractivity contribution is 14.1. The van der Waals surface area contributed by atoms with Crippen molar-refractivity contribution in [2.45, 2.75) is 11.8 Å². The molecule has 0 bridgehead atoms. The fourth-order valence-electron chi connectivity index (χ4n) is 1.47. The van der Waals surface area contributed by atoms with Gasteiger partial charge in [-0.05, 0) is 59.3 Å². The van der Waals surface area contributed by atoms with E-state index in [4.69, 9.17) is 0 Å². The van der Waals surface area contributed by atoms with Gasteiger partial charge in [0.15, 0.2) is 0 Å². The Bertz CT molecular complexity index is 654. The summed E-state index contributed by atoms with van der Waals surface area (Å²) in [7, 11) is -3.50. The van der Waals surface area contributed by atoms with Gasteiger partial charge in [0.05, 0.1) is 4.90 Å². The lowest BCUT2D eigenvalue weighted by Gasteiger charge is -2.09. The van der Waals surface area contributed by atoms with Gasteiger partial charge in [0.25, 0.3) is 10.0 Å². The maximum Gasteiger partial charge on any atom is 0.261 e. The minimum atomic E-state index is -3.50. The summed E-state index contributed by atoms with van der Waals surface area (Å²) < 4.78 is 27.8. The highest BCUT2D eigenvalue weighted by Crippen LogP contribution is 2.20. The average molecular weight is 373 g/mol. The van der Waals surface area contributed by atoms with Gasteiger partial charge in [0.1, 0.15) is 0 Å². The van der Waals surface area contributed by atoms with Crippen LogP contribution in [0.25, 0.3) is 0 Å². The van der Waals surface area contributed by atoms with Crippen molar-refractivity contribution >= 4 is 38.3 Å². The molecule has 0 atom stereocenters. The van der Waals surface area contributed by atoms with Gasteiger partial charge in [-0.3, -0.25) is 4.72 Å². The number of hydrogen-bond acceptors (Lipinski definition) is 2. The maximum atomic E-state index is 12.1. The maximum absolute atomic E-state index is 12.1. The molecule has 0 fully saturated rings. The number of nitrogens with one attached hydrogen (secondary N) is 1. The first-order valence-corrected chi connectivity index (χ1v) is 7.89. The van der Waals surface area contributed by atoms with Gasteiger partial charge in [-0.25, -0.2) is 8.42 Å². The second-order valence-corrected chi connectivity index (χ2v) is 6.73. The van der Waals surface area contributed by atoms with Crippen molar-refractivity contribution in [3.63, 3.8) is 0 Å². The van der Waals surface area contributed by atoms with E-state index in [9.17, 15) is 8.42 Å². The lowest BCUT2D eigenvalue weighted by molar-refractivity contribution is 0.601. The van der Waals surface area contributed by atoms with Gasteiger partial charge in [-0.2, -0.15) is 0 Å². The molecule has 0 amide bonds. The van der Waals surface area contributed by atoms with Crippen LogP contribution in [0.3, 0.4) is 0 Å². The molecule has 2 rings (SSSR count). The first-order valence-electron chi connectivity index (χ1n) is 5.33. The second-order valence-electron chi connectivity index (χ2n) is 3.88. The van der Waals surface area contributed by atoms with E-state index in [1.165, 1.54) is 0 Å². The van der Waals surface area contributed by atoms with Crippen LogP contribution in [-0.4, -0.2) is 8.42 Å². The highest BCUT2D eigenvalue weighted by Gasteiger charge is 2.13. The standard InChI is InChI=1S/C13H12INO2S/c1-10-7-8-11(9-13(10)14)15-18(16,17)12-5-3-2-4-6-12/h2-9,15H,1H3. The summed E-state index contributed by atoms with van der Waals surface area (Å²) in [4.78, 5) is 0.264. The van der Waals surface area contributed by atoms with Gasteiger partial charge < -0.3 is 0 Å². The first-order chi connectivity index (χ1) is 8.49. The number of halogens is 1. The van der Waals surface area contributed by atoms with Gasteiger partial charge in [-0.15, -0.1) is 0 Å². The fraction of sp³-hybridized carbons (Fsp3) is 0.0769. The van der Waals surface area contributed by atoms with E-state index in [1.54, 1.807) is 36.4 Å². The molecular formula is C13H12INO2S. The molecule has 0 aliphatic rings. The van der Waals surface area contributed by atoms with Crippen molar-refractivity contribution in [2.24, 2.45) is 0 Å². The van der Waals surface area contributed by atoms with Gasteiger partial charge in [-0.1, -0.05) is 24.3 Å². The quantitative estimate of drug-likeness (QED) is 0.839. The van der Waals surface area contributed by atoms with E-state index < -0.39 is 10.0 Å². The zero-order valence-electron chi connectivity index (χ0n) is 9.72. The molecule has 5 heteroatoms. The molecule has 0 spiro atoms. The summed E-state index contributed by atoms with van der Waals surface area (Å²) in [5.41, 5.74) is 1.70. The molecule has 0 saturated carbocycles. The summed E-state index contributed by atoms with van der Waals surface area (Å²) in [6.45, 7) is 1.98. The van der Waals surface area contributed by atoms with E-state index in [0.29, 0.717) is 5.69 Å². The third-order valence-corrected chi connectivity index (χ3v) is 5.04. The fourth-order valence-corrected chi connectivity index (χ4v) is 3.06. The number of anilines is 1. The van der Waals surface area contributed by atoms with Crippen LogP contribution in [0.2, 0.25) is 0 Å². The molecule has 94 valence electrons. The molecule has 0 aliphatic carbocycles. The highest BCUT2D eigenvalue weighted by atomic mass is 127. The summed E-state index contributed by atoms with van der Waals surface area (Å²) in [6, 6.07) is 13.8. The van der Waals surface area contributed by atoms with Crippen molar-refractivity contribution in [1.82, 2.24) is 0 Å². The molecule has 0 heterocycles. The van der Waals surface area contributed by atoms with Crippen LogP contribution in [0.1, 0.15) is 5.56 Å². The van der Waals surface area contributed by atoms with Crippen LogP contribution in [0.5, 0.6) is 0 Å². The van der Waals surface area contributed by atoms with Gasteiger partial charge in [0.2, 0.25) is 0 Å².